The summed E-state index contributed by atoms with van der Waals surface area (Å²) >= 11 is 0. The second-order valence-corrected chi connectivity index (χ2v) is 9.46. The molecule has 2 unspecified atom stereocenters. The summed E-state index contributed by atoms with van der Waals surface area (Å²) in [5.41, 5.74) is 4.72. The van der Waals surface area contributed by atoms with Gasteiger partial charge in [-0.3, -0.25) is 10.1 Å². The van der Waals surface area contributed by atoms with Gasteiger partial charge in [-0.05, 0) is 41.0 Å². The third-order valence-electron chi connectivity index (χ3n) is 7.54. The molecule has 7 nitrogen and oxygen atoms in total. The maximum absolute atomic E-state index is 12.9. The minimum atomic E-state index is -0.802. The van der Waals surface area contributed by atoms with Gasteiger partial charge in [0.25, 0.3) is 5.69 Å². The zero-order valence-corrected chi connectivity index (χ0v) is 18.8. The molecule has 1 spiro atoms. The van der Waals surface area contributed by atoms with E-state index in [1.165, 1.54) is 6.07 Å². The first-order valence-electron chi connectivity index (χ1n) is 10.9. The molecule has 3 aromatic rings. The van der Waals surface area contributed by atoms with E-state index < -0.39 is 21.9 Å². The number of rotatable bonds is 5. The van der Waals surface area contributed by atoms with Crippen molar-refractivity contribution in [2.45, 2.75) is 16.9 Å². The number of ether oxygens (including phenoxy) is 1. The van der Waals surface area contributed by atoms with Crippen LogP contribution in [0.4, 0.5) is 17.1 Å². The smallest absolute Gasteiger partial charge is 0.339 e. The summed E-state index contributed by atoms with van der Waals surface area (Å²) in [4.78, 5) is 28.1. The Morgan fingerprint density at radius 1 is 0.879 bits per heavy atom. The molecule has 3 aliphatic rings. The highest BCUT2D eigenvalue weighted by Gasteiger charge is 2.91. The lowest BCUT2D eigenvalue weighted by atomic mass is 9.82. The summed E-state index contributed by atoms with van der Waals surface area (Å²) in [5.74, 6) is -0.630. The number of anilines is 2. The van der Waals surface area contributed by atoms with Gasteiger partial charge in [0.05, 0.1) is 15.9 Å². The van der Waals surface area contributed by atoms with Gasteiger partial charge in [-0.2, -0.15) is 0 Å². The Hall–Kier alpha value is -3.87. The summed E-state index contributed by atoms with van der Waals surface area (Å²) in [6.07, 6.45) is 0. The topological polar surface area (TPSA) is 75.9 Å². The van der Waals surface area contributed by atoms with Crippen LogP contribution in [0.15, 0.2) is 60.7 Å². The molecule has 0 N–H and O–H groups in total. The highest BCUT2D eigenvalue weighted by molar-refractivity contribution is 6.02. The van der Waals surface area contributed by atoms with Crippen LogP contribution in [0.25, 0.3) is 0 Å². The van der Waals surface area contributed by atoms with Gasteiger partial charge in [-0.25, -0.2) is 4.79 Å². The van der Waals surface area contributed by atoms with Crippen LogP contribution in [0, 0.1) is 10.1 Å². The van der Waals surface area contributed by atoms with E-state index in [1.807, 2.05) is 38.0 Å². The highest BCUT2D eigenvalue weighted by atomic mass is 16.6. The van der Waals surface area contributed by atoms with E-state index in [2.05, 4.69) is 48.5 Å². The van der Waals surface area contributed by atoms with Gasteiger partial charge >= 0.3 is 5.97 Å². The number of fused-ring (bicyclic) bond motifs is 1. The molecule has 1 aliphatic heterocycles. The fourth-order valence-corrected chi connectivity index (χ4v) is 6.09. The molecule has 1 fully saturated rings. The van der Waals surface area contributed by atoms with Crippen molar-refractivity contribution in [2.75, 3.05) is 38.0 Å². The third-order valence-corrected chi connectivity index (χ3v) is 7.54. The maximum Gasteiger partial charge on any atom is 0.339 e. The zero-order valence-electron chi connectivity index (χ0n) is 18.8. The molecule has 1 saturated carbocycles. The second-order valence-electron chi connectivity index (χ2n) is 9.46. The average Bonchev–Trinajstić information content (AvgIpc) is 3.19. The lowest BCUT2D eigenvalue weighted by molar-refractivity contribution is -0.385. The Bertz CT molecular complexity index is 1290. The summed E-state index contributed by atoms with van der Waals surface area (Å²) in [7, 11) is 7.96. The number of benzene rings is 3. The van der Waals surface area contributed by atoms with E-state index in [9.17, 15) is 14.9 Å². The van der Waals surface area contributed by atoms with Gasteiger partial charge in [0, 0.05) is 63.2 Å². The predicted molar refractivity (Wildman–Crippen MR) is 125 cm³/mol. The van der Waals surface area contributed by atoms with Crippen LogP contribution in [0.2, 0.25) is 0 Å². The van der Waals surface area contributed by atoms with E-state index in [-0.39, 0.29) is 11.6 Å². The molecular weight excluding hydrogens is 418 g/mol. The van der Waals surface area contributed by atoms with Crippen molar-refractivity contribution in [3.63, 3.8) is 0 Å². The molecule has 166 valence electrons. The lowest BCUT2D eigenvalue weighted by Gasteiger charge is -2.25. The number of non-ortho nitro benzene ring substituents is 1. The van der Waals surface area contributed by atoms with Crippen LogP contribution in [0.3, 0.4) is 0 Å². The Balaban J connectivity index is 1.58. The number of nitrogens with zero attached hydrogens (tertiary/aromatic N) is 3. The van der Waals surface area contributed by atoms with E-state index in [1.54, 1.807) is 6.07 Å². The fourth-order valence-electron chi connectivity index (χ4n) is 6.09. The summed E-state index contributed by atoms with van der Waals surface area (Å²) < 4.78 is 6.10. The Morgan fingerprint density at radius 3 is 1.85 bits per heavy atom. The first-order valence-corrected chi connectivity index (χ1v) is 10.9. The number of nitro groups is 1. The van der Waals surface area contributed by atoms with Crippen LogP contribution in [-0.2, 0) is 15.8 Å². The molecule has 6 rings (SSSR count). The number of carbonyl (C=O) groups excluding carboxylic acids is 1. The standard InChI is InChI=1S/C26H23N3O4/c1-27(2)17-9-5-15(6-10-17)25(16-7-11-18(12-8-16)28(3)4)23-20-13-19(29(31)32)14-21-22(20)26(23,25)33-24(21)30/h5-14,23H,1-4H3. The van der Waals surface area contributed by atoms with E-state index in [0.29, 0.717) is 5.56 Å². The molecule has 0 radical (unpaired) electrons. The Kier molecular flexibility index (Phi) is 3.67. The third kappa shape index (κ3) is 2.17. The van der Waals surface area contributed by atoms with E-state index >= 15 is 0 Å². The largest absolute Gasteiger partial charge is 0.448 e. The summed E-state index contributed by atoms with van der Waals surface area (Å²) in [6, 6.07) is 19.6. The fraction of sp³-hybridized carbons (Fsp3) is 0.269. The van der Waals surface area contributed by atoms with E-state index in [0.717, 1.165) is 33.6 Å². The number of hydrogen-bond donors (Lipinski definition) is 0. The van der Waals surface area contributed by atoms with Gasteiger partial charge in [-0.1, -0.05) is 24.3 Å². The Labute approximate surface area is 191 Å². The Morgan fingerprint density at radius 2 is 1.39 bits per heavy atom. The zero-order chi connectivity index (χ0) is 23.3. The highest BCUT2D eigenvalue weighted by Crippen LogP contribution is 2.87. The minimum absolute atomic E-state index is 0.0667. The molecule has 0 bridgehead atoms. The quantitative estimate of drug-likeness (QED) is 0.336. The van der Waals surface area contributed by atoms with Gasteiger partial charge in [0.1, 0.15) is 0 Å². The average molecular weight is 441 g/mol. The first-order chi connectivity index (χ1) is 15.7. The van der Waals surface area contributed by atoms with Crippen molar-refractivity contribution in [3.05, 3.63) is 98.6 Å². The lowest BCUT2D eigenvalue weighted by Crippen LogP contribution is -2.25. The molecule has 0 aromatic heterocycles. The molecule has 3 aromatic carbocycles. The minimum Gasteiger partial charge on any atom is -0.448 e. The van der Waals surface area contributed by atoms with Crippen LogP contribution in [0.5, 0.6) is 0 Å². The normalized spacial score (nSPS) is 22.5. The van der Waals surface area contributed by atoms with Crippen molar-refractivity contribution in [1.82, 2.24) is 0 Å². The van der Waals surface area contributed by atoms with Crippen molar-refractivity contribution in [1.29, 1.82) is 0 Å². The molecule has 7 heteroatoms. The second kappa shape index (κ2) is 6.13. The number of esters is 1. The van der Waals surface area contributed by atoms with Gasteiger partial charge in [0.15, 0.2) is 5.60 Å². The van der Waals surface area contributed by atoms with Crippen molar-refractivity contribution >= 4 is 23.0 Å². The molecule has 2 aliphatic carbocycles. The van der Waals surface area contributed by atoms with Crippen LogP contribution in [0.1, 0.15) is 38.5 Å². The van der Waals surface area contributed by atoms with Crippen LogP contribution < -0.4 is 9.80 Å². The monoisotopic (exact) mass is 441 g/mol. The van der Waals surface area contributed by atoms with E-state index in [4.69, 9.17) is 4.74 Å². The molecule has 0 amide bonds. The first kappa shape index (κ1) is 19.8. The molecule has 2 atom stereocenters. The van der Waals surface area contributed by atoms with Crippen LogP contribution >= 0.6 is 0 Å². The predicted octanol–water partition coefficient (Wildman–Crippen LogP) is 4.19. The van der Waals surface area contributed by atoms with Crippen molar-refractivity contribution in [2.24, 2.45) is 0 Å². The molecule has 1 heterocycles. The maximum atomic E-state index is 12.9. The number of nitro benzene ring substituents is 1. The van der Waals surface area contributed by atoms with Crippen molar-refractivity contribution in [3.8, 4) is 0 Å². The summed E-state index contributed by atoms with van der Waals surface area (Å²) in [5, 5.41) is 11.5. The number of hydrogen-bond acceptors (Lipinski definition) is 6. The van der Waals surface area contributed by atoms with Gasteiger partial charge in [-0.15, -0.1) is 0 Å². The molecular formula is C26H23N3O4. The van der Waals surface area contributed by atoms with Crippen molar-refractivity contribution < 1.29 is 14.5 Å². The molecule has 33 heavy (non-hydrogen) atoms. The number of carbonyl (C=O) groups is 1. The van der Waals surface area contributed by atoms with Gasteiger partial charge < -0.3 is 14.5 Å². The van der Waals surface area contributed by atoms with Crippen LogP contribution in [-0.4, -0.2) is 39.1 Å². The molecule has 0 saturated heterocycles. The van der Waals surface area contributed by atoms with Gasteiger partial charge in [0.2, 0.25) is 0 Å². The SMILES string of the molecule is CN(C)c1ccc(C2(c3ccc(N(C)C)cc3)C3c4cc([N+](=O)[O-])cc5c4C32OC5=O)cc1. The summed E-state index contributed by atoms with van der Waals surface area (Å²) in [6.45, 7) is 0.